The fourth-order valence-corrected chi connectivity index (χ4v) is 5.56. The average Bonchev–Trinajstić information content (AvgIpc) is 3.07. The Hall–Kier alpha value is -1.26. The molecule has 2 saturated carbocycles. The number of urea groups is 1. The van der Waals surface area contributed by atoms with Crippen LogP contribution in [0.4, 0.5) is 4.79 Å². The standard InChI is InChI=1S/C26H48N2O3/c1-3-4-18-31-24(29)14-12-10-8-6-5-7-9-11-13-17-27-25(30)28-26(2)20-22-15-16-23(19-22)21-26/h22-23H,3-21H2,1-2H3,(H2,27,28,30). The predicted molar refractivity (Wildman–Crippen MR) is 127 cm³/mol. The zero-order valence-electron chi connectivity index (χ0n) is 20.3. The largest absolute Gasteiger partial charge is 0.466 e. The van der Waals surface area contributed by atoms with Crippen molar-refractivity contribution in [2.24, 2.45) is 11.8 Å². The fraction of sp³-hybridized carbons (Fsp3) is 0.923. The van der Waals surface area contributed by atoms with Crippen molar-refractivity contribution in [1.82, 2.24) is 10.6 Å². The SMILES string of the molecule is CCCCOC(=O)CCCCCCCCCCCNC(=O)NC1(C)CC2CCC(C2)C1. The number of amides is 2. The number of carbonyl (C=O) groups excluding carboxylic acids is 2. The molecule has 2 atom stereocenters. The first-order valence-corrected chi connectivity index (χ1v) is 13.2. The van der Waals surface area contributed by atoms with Gasteiger partial charge in [-0.25, -0.2) is 4.79 Å². The number of carbonyl (C=O) groups is 2. The molecule has 0 aromatic rings. The van der Waals surface area contributed by atoms with Gasteiger partial charge in [-0.15, -0.1) is 0 Å². The van der Waals surface area contributed by atoms with Gasteiger partial charge in [0, 0.05) is 18.5 Å². The van der Waals surface area contributed by atoms with E-state index in [4.69, 9.17) is 4.74 Å². The van der Waals surface area contributed by atoms with Gasteiger partial charge in [0.15, 0.2) is 0 Å². The van der Waals surface area contributed by atoms with Crippen molar-refractivity contribution in [3.05, 3.63) is 0 Å². The Labute approximate surface area is 190 Å². The van der Waals surface area contributed by atoms with Gasteiger partial charge >= 0.3 is 12.0 Å². The van der Waals surface area contributed by atoms with Crippen LogP contribution < -0.4 is 10.6 Å². The summed E-state index contributed by atoms with van der Waals surface area (Å²) < 4.78 is 5.17. The maximum atomic E-state index is 12.3. The van der Waals surface area contributed by atoms with Crippen molar-refractivity contribution in [2.75, 3.05) is 13.2 Å². The number of nitrogens with one attached hydrogen (secondary N) is 2. The van der Waals surface area contributed by atoms with E-state index in [0.29, 0.717) is 13.0 Å². The Morgan fingerprint density at radius 3 is 2.06 bits per heavy atom. The lowest BCUT2D eigenvalue weighted by Crippen LogP contribution is -2.53. The quantitative estimate of drug-likeness (QED) is 0.214. The Kier molecular flexibility index (Phi) is 12.4. The van der Waals surface area contributed by atoms with Gasteiger partial charge in [0.05, 0.1) is 6.61 Å². The molecular formula is C26H48N2O3. The van der Waals surface area contributed by atoms with Crippen molar-refractivity contribution in [3.8, 4) is 0 Å². The van der Waals surface area contributed by atoms with Gasteiger partial charge in [-0.2, -0.15) is 0 Å². The number of rotatable bonds is 16. The van der Waals surface area contributed by atoms with E-state index < -0.39 is 0 Å². The van der Waals surface area contributed by atoms with E-state index in [9.17, 15) is 9.59 Å². The van der Waals surface area contributed by atoms with Crippen LogP contribution in [0.2, 0.25) is 0 Å². The van der Waals surface area contributed by atoms with Crippen molar-refractivity contribution in [1.29, 1.82) is 0 Å². The van der Waals surface area contributed by atoms with E-state index >= 15 is 0 Å². The highest BCUT2D eigenvalue weighted by Gasteiger charge is 2.41. The van der Waals surface area contributed by atoms with E-state index in [1.165, 1.54) is 57.8 Å². The van der Waals surface area contributed by atoms with Crippen molar-refractivity contribution < 1.29 is 14.3 Å². The first kappa shape index (κ1) is 26.0. The smallest absolute Gasteiger partial charge is 0.315 e. The van der Waals surface area contributed by atoms with Gasteiger partial charge in [-0.1, -0.05) is 71.1 Å². The van der Waals surface area contributed by atoms with Gasteiger partial charge in [-0.3, -0.25) is 4.79 Å². The number of hydrogen-bond acceptors (Lipinski definition) is 3. The zero-order valence-corrected chi connectivity index (χ0v) is 20.3. The van der Waals surface area contributed by atoms with E-state index in [1.54, 1.807) is 0 Å². The highest BCUT2D eigenvalue weighted by molar-refractivity contribution is 5.74. The summed E-state index contributed by atoms with van der Waals surface area (Å²) in [6, 6.07) is 0.0260. The van der Waals surface area contributed by atoms with Crippen LogP contribution in [0.25, 0.3) is 0 Å². The fourth-order valence-electron chi connectivity index (χ4n) is 5.56. The molecule has 0 aromatic carbocycles. The second-order valence-electron chi connectivity index (χ2n) is 10.4. The van der Waals surface area contributed by atoms with E-state index in [1.807, 2.05) is 0 Å². The molecule has 0 spiro atoms. The normalized spacial score (nSPS) is 24.7. The summed E-state index contributed by atoms with van der Waals surface area (Å²) in [4.78, 5) is 23.8. The summed E-state index contributed by atoms with van der Waals surface area (Å²) in [6.07, 6.45) is 19.6. The van der Waals surface area contributed by atoms with Crippen molar-refractivity contribution >= 4 is 12.0 Å². The lowest BCUT2D eigenvalue weighted by molar-refractivity contribution is -0.143. The van der Waals surface area contributed by atoms with Crippen LogP contribution in [-0.4, -0.2) is 30.7 Å². The van der Waals surface area contributed by atoms with Gasteiger partial charge in [-0.05, 0) is 57.3 Å². The molecule has 2 aliphatic rings. The molecule has 2 fully saturated rings. The molecule has 2 rings (SSSR count). The minimum Gasteiger partial charge on any atom is -0.466 e. The van der Waals surface area contributed by atoms with Gasteiger partial charge in [0.25, 0.3) is 0 Å². The first-order chi connectivity index (χ1) is 15.0. The molecule has 0 aliphatic heterocycles. The first-order valence-electron chi connectivity index (χ1n) is 13.2. The van der Waals surface area contributed by atoms with Crippen LogP contribution in [0.1, 0.15) is 123 Å². The van der Waals surface area contributed by atoms with Crippen LogP contribution in [-0.2, 0) is 9.53 Å². The summed E-state index contributed by atoms with van der Waals surface area (Å²) in [5.74, 6) is 1.63. The molecule has 31 heavy (non-hydrogen) atoms. The molecule has 5 nitrogen and oxygen atoms in total. The Bertz CT molecular complexity index is 511. The van der Waals surface area contributed by atoms with Gasteiger partial charge in [0.1, 0.15) is 0 Å². The van der Waals surface area contributed by atoms with Crippen LogP contribution in [0.15, 0.2) is 0 Å². The molecule has 180 valence electrons. The third-order valence-corrected chi connectivity index (χ3v) is 7.15. The Morgan fingerprint density at radius 2 is 1.45 bits per heavy atom. The third kappa shape index (κ3) is 11.2. The van der Waals surface area contributed by atoms with E-state index in [0.717, 1.165) is 63.3 Å². The number of hydrogen-bond donors (Lipinski definition) is 2. The third-order valence-electron chi connectivity index (χ3n) is 7.15. The van der Waals surface area contributed by atoms with Gasteiger partial charge in [0.2, 0.25) is 0 Å². The highest BCUT2D eigenvalue weighted by Crippen LogP contribution is 2.46. The van der Waals surface area contributed by atoms with Crippen LogP contribution >= 0.6 is 0 Å². The van der Waals surface area contributed by atoms with Gasteiger partial charge < -0.3 is 15.4 Å². The molecule has 2 unspecified atom stereocenters. The molecule has 2 N–H and O–H groups in total. The predicted octanol–water partition coefficient (Wildman–Crippen LogP) is 6.50. The number of unbranched alkanes of at least 4 members (excludes halogenated alkanes) is 9. The summed E-state index contributed by atoms with van der Waals surface area (Å²) in [7, 11) is 0. The number of fused-ring (bicyclic) bond motifs is 2. The topological polar surface area (TPSA) is 67.4 Å². The molecule has 5 heteroatoms. The average molecular weight is 437 g/mol. The summed E-state index contributed by atoms with van der Waals surface area (Å²) in [5.41, 5.74) is 0.00350. The highest BCUT2D eigenvalue weighted by atomic mass is 16.5. The minimum absolute atomic E-state index is 0.00350. The lowest BCUT2D eigenvalue weighted by Gasteiger charge is -2.38. The molecule has 0 aromatic heterocycles. The number of esters is 1. The number of ether oxygens (including phenoxy) is 1. The lowest BCUT2D eigenvalue weighted by atomic mass is 9.76. The van der Waals surface area contributed by atoms with Crippen LogP contribution in [0.3, 0.4) is 0 Å². The zero-order chi connectivity index (χ0) is 22.4. The molecule has 0 saturated heterocycles. The van der Waals surface area contributed by atoms with E-state index in [2.05, 4.69) is 24.5 Å². The maximum Gasteiger partial charge on any atom is 0.315 e. The van der Waals surface area contributed by atoms with Crippen LogP contribution in [0, 0.1) is 11.8 Å². The van der Waals surface area contributed by atoms with E-state index in [-0.39, 0.29) is 17.5 Å². The molecular weight excluding hydrogens is 388 g/mol. The summed E-state index contributed by atoms with van der Waals surface area (Å²) >= 11 is 0. The molecule has 2 aliphatic carbocycles. The molecule has 0 heterocycles. The monoisotopic (exact) mass is 436 g/mol. The Balaban J connectivity index is 1.34. The Morgan fingerprint density at radius 1 is 0.871 bits per heavy atom. The van der Waals surface area contributed by atoms with Crippen molar-refractivity contribution in [2.45, 2.75) is 129 Å². The second-order valence-corrected chi connectivity index (χ2v) is 10.4. The summed E-state index contributed by atoms with van der Waals surface area (Å²) in [6.45, 7) is 5.69. The summed E-state index contributed by atoms with van der Waals surface area (Å²) in [5, 5.41) is 6.34. The molecule has 0 radical (unpaired) electrons. The van der Waals surface area contributed by atoms with Crippen LogP contribution in [0.5, 0.6) is 0 Å². The maximum absolute atomic E-state index is 12.3. The molecule has 2 amide bonds. The molecule has 2 bridgehead atoms. The second kappa shape index (κ2) is 14.7. The minimum atomic E-state index is -0.0318. The van der Waals surface area contributed by atoms with Crippen molar-refractivity contribution in [3.63, 3.8) is 0 Å².